The van der Waals surface area contributed by atoms with Crippen LogP contribution in [0, 0.1) is 10.1 Å². The minimum atomic E-state index is -0.521. The maximum atomic E-state index is 12.7. The van der Waals surface area contributed by atoms with E-state index in [4.69, 9.17) is 14.2 Å². The molecule has 0 saturated carbocycles. The quantitative estimate of drug-likeness (QED) is 0.562. The van der Waals surface area contributed by atoms with E-state index in [1.807, 2.05) is 30.1 Å². The Morgan fingerprint density at radius 3 is 2.66 bits per heavy atom. The van der Waals surface area contributed by atoms with Gasteiger partial charge in [-0.25, -0.2) is 0 Å². The average molecular weight is 401 g/mol. The van der Waals surface area contributed by atoms with Gasteiger partial charge >= 0.3 is 0 Å². The zero-order chi connectivity index (χ0) is 21.0. The number of carbonyl (C=O) groups excluding carboxylic acids is 1. The number of likely N-dealkylation sites (N-methyl/N-ethyl adjacent to an activating group) is 1. The third kappa shape index (κ3) is 4.75. The number of rotatable bonds is 7. The fourth-order valence-corrected chi connectivity index (χ4v) is 2.96. The van der Waals surface area contributed by atoms with Gasteiger partial charge in [-0.1, -0.05) is 6.07 Å². The first-order valence-electron chi connectivity index (χ1n) is 9.11. The second-order valence-electron chi connectivity index (χ2n) is 6.70. The topological polar surface area (TPSA) is 103 Å². The number of non-ortho nitro benzene ring substituents is 1. The molecule has 9 nitrogen and oxygen atoms in total. The van der Waals surface area contributed by atoms with E-state index < -0.39 is 11.0 Å². The number of nitro groups is 1. The van der Waals surface area contributed by atoms with E-state index in [0.717, 1.165) is 5.56 Å². The summed E-state index contributed by atoms with van der Waals surface area (Å²) in [6.07, 6.45) is 0. The molecule has 29 heavy (non-hydrogen) atoms. The number of fused-ring (bicyclic) bond motifs is 1. The Balaban J connectivity index is 1.68. The van der Waals surface area contributed by atoms with Crippen LogP contribution in [0.15, 0.2) is 36.4 Å². The summed E-state index contributed by atoms with van der Waals surface area (Å²) < 4.78 is 16.3. The molecule has 0 saturated heterocycles. The third-order valence-corrected chi connectivity index (χ3v) is 4.73. The van der Waals surface area contributed by atoms with Gasteiger partial charge in [0.2, 0.25) is 5.91 Å². The lowest BCUT2D eigenvalue weighted by Crippen LogP contribution is -2.39. The molecule has 0 aliphatic carbocycles. The molecule has 2 aromatic carbocycles. The number of hydrogen-bond acceptors (Lipinski definition) is 7. The van der Waals surface area contributed by atoms with Crippen molar-refractivity contribution in [1.29, 1.82) is 0 Å². The second-order valence-corrected chi connectivity index (χ2v) is 6.70. The summed E-state index contributed by atoms with van der Waals surface area (Å²) in [6, 6.07) is 9.26. The Bertz CT molecular complexity index is 917. The van der Waals surface area contributed by atoms with Gasteiger partial charge in [0.15, 0.2) is 11.5 Å². The van der Waals surface area contributed by atoms with Crippen molar-refractivity contribution in [3.05, 3.63) is 52.1 Å². The first kappa shape index (κ1) is 20.4. The SMILES string of the molecule is COc1ccc([N+](=O)[O-])cc1NC(=O)[C@H](C)N(C)Cc1ccc2c(c1)OCCO2. The number of methoxy groups -OCH3 is 1. The highest BCUT2D eigenvalue weighted by Gasteiger charge is 2.22. The Labute approximate surface area is 168 Å². The van der Waals surface area contributed by atoms with Crippen molar-refractivity contribution in [3.8, 4) is 17.2 Å². The number of nitro benzene ring substituents is 1. The lowest BCUT2D eigenvalue weighted by atomic mass is 10.1. The second kappa shape index (κ2) is 8.78. The molecule has 0 fully saturated rings. The van der Waals surface area contributed by atoms with Crippen LogP contribution in [0.5, 0.6) is 17.2 Å². The molecule has 0 spiro atoms. The zero-order valence-corrected chi connectivity index (χ0v) is 16.5. The number of hydrogen-bond donors (Lipinski definition) is 1. The predicted molar refractivity (Wildman–Crippen MR) is 107 cm³/mol. The zero-order valence-electron chi connectivity index (χ0n) is 16.5. The molecule has 9 heteroatoms. The lowest BCUT2D eigenvalue weighted by Gasteiger charge is -2.25. The number of anilines is 1. The molecule has 154 valence electrons. The van der Waals surface area contributed by atoms with E-state index in [-0.39, 0.29) is 17.3 Å². The van der Waals surface area contributed by atoms with Crippen molar-refractivity contribution in [2.75, 3.05) is 32.7 Å². The molecule has 0 aromatic heterocycles. The maximum absolute atomic E-state index is 12.7. The van der Waals surface area contributed by atoms with Crippen molar-refractivity contribution in [2.45, 2.75) is 19.5 Å². The summed E-state index contributed by atoms with van der Waals surface area (Å²) in [6.45, 7) is 3.31. The monoisotopic (exact) mass is 401 g/mol. The van der Waals surface area contributed by atoms with Crippen molar-refractivity contribution in [3.63, 3.8) is 0 Å². The van der Waals surface area contributed by atoms with Gasteiger partial charge in [0.05, 0.1) is 23.8 Å². The van der Waals surface area contributed by atoms with E-state index in [1.54, 1.807) is 6.92 Å². The minimum Gasteiger partial charge on any atom is -0.495 e. The highest BCUT2D eigenvalue weighted by atomic mass is 16.6. The maximum Gasteiger partial charge on any atom is 0.271 e. The molecule has 0 unspecified atom stereocenters. The van der Waals surface area contributed by atoms with Crippen LogP contribution in [0.4, 0.5) is 11.4 Å². The molecule has 1 N–H and O–H groups in total. The van der Waals surface area contributed by atoms with Crippen LogP contribution in [0.25, 0.3) is 0 Å². The molecule has 0 bridgehead atoms. The van der Waals surface area contributed by atoms with Crippen LogP contribution in [-0.2, 0) is 11.3 Å². The van der Waals surface area contributed by atoms with Crippen LogP contribution in [0.1, 0.15) is 12.5 Å². The van der Waals surface area contributed by atoms with Crippen LogP contribution in [0.3, 0.4) is 0 Å². The highest BCUT2D eigenvalue weighted by molar-refractivity contribution is 5.96. The van der Waals surface area contributed by atoms with Gasteiger partial charge in [0.1, 0.15) is 19.0 Å². The van der Waals surface area contributed by atoms with Crippen molar-refractivity contribution in [1.82, 2.24) is 4.90 Å². The molecule has 3 rings (SSSR count). The molecule has 2 aromatic rings. The Kier molecular flexibility index (Phi) is 6.18. The molecule has 0 radical (unpaired) electrons. The Morgan fingerprint density at radius 1 is 1.24 bits per heavy atom. The van der Waals surface area contributed by atoms with Gasteiger partial charge in [0, 0.05) is 18.7 Å². The summed E-state index contributed by atoms with van der Waals surface area (Å²) in [5, 5.41) is 13.7. The Morgan fingerprint density at radius 2 is 1.97 bits per heavy atom. The van der Waals surface area contributed by atoms with Crippen LogP contribution < -0.4 is 19.5 Å². The van der Waals surface area contributed by atoms with E-state index >= 15 is 0 Å². The summed E-state index contributed by atoms with van der Waals surface area (Å²) in [5.41, 5.74) is 1.11. The molecule has 1 amide bonds. The number of amides is 1. The smallest absolute Gasteiger partial charge is 0.271 e. The highest BCUT2D eigenvalue weighted by Crippen LogP contribution is 2.31. The van der Waals surface area contributed by atoms with E-state index in [9.17, 15) is 14.9 Å². The number of benzene rings is 2. The number of ether oxygens (including phenoxy) is 3. The van der Waals surface area contributed by atoms with Gasteiger partial charge in [0.25, 0.3) is 5.69 Å². The number of nitrogens with zero attached hydrogens (tertiary/aromatic N) is 2. The van der Waals surface area contributed by atoms with Crippen LogP contribution in [-0.4, -0.2) is 49.1 Å². The number of nitrogens with one attached hydrogen (secondary N) is 1. The van der Waals surface area contributed by atoms with Crippen molar-refractivity contribution < 1.29 is 23.9 Å². The third-order valence-electron chi connectivity index (χ3n) is 4.73. The first-order chi connectivity index (χ1) is 13.9. The summed E-state index contributed by atoms with van der Waals surface area (Å²) in [4.78, 5) is 25.1. The molecular weight excluding hydrogens is 378 g/mol. The lowest BCUT2D eigenvalue weighted by molar-refractivity contribution is -0.384. The van der Waals surface area contributed by atoms with Crippen LogP contribution >= 0.6 is 0 Å². The van der Waals surface area contributed by atoms with Gasteiger partial charge in [-0.3, -0.25) is 19.8 Å². The van der Waals surface area contributed by atoms with Crippen LogP contribution in [0.2, 0.25) is 0 Å². The molecule has 1 aliphatic rings. The summed E-state index contributed by atoms with van der Waals surface area (Å²) in [5.74, 6) is 1.46. The Hall–Kier alpha value is -3.33. The number of carbonyl (C=O) groups is 1. The fourth-order valence-electron chi connectivity index (χ4n) is 2.96. The molecule has 1 heterocycles. The summed E-state index contributed by atoms with van der Waals surface area (Å²) in [7, 11) is 3.26. The van der Waals surface area contributed by atoms with E-state index in [0.29, 0.717) is 37.0 Å². The standard InChI is InChI=1S/C20H23N3O6/c1-13(20(24)21-16-11-15(23(25)26)5-7-17(16)27-3)22(2)12-14-4-6-18-19(10-14)29-9-8-28-18/h4-7,10-11,13H,8-9,12H2,1-3H3,(H,21,24)/t13-/m0/s1. The fraction of sp³-hybridized carbons (Fsp3) is 0.350. The van der Waals surface area contributed by atoms with Crippen molar-refractivity contribution in [2.24, 2.45) is 0 Å². The van der Waals surface area contributed by atoms with E-state index in [2.05, 4.69) is 5.32 Å². The summed E-state index contributed by atoms with van der Waals surface area (Å²) >= 11 is 0. The van der Waals surface area contributed by atoms with Crippen molar-refractivity contribution >= 4 is 17.3 Å². The van der Waals surface area contributed by atoms with Gasteiger partial charge < -0.3 is 19.5 Å². The average Bonchev–Trinajstić information content (AvgIpc) is 2.72. The minimum absolute atomic E-state index is 0.126. The normalized spacial score (nSPS) is 13.7. The largest absolute Gasteiger partial charge is 0.495 e. The molecule has 1 atom stereocenters. The predicted octanol–water partition coefficient (Wildman–Crippen LogP) is 2.83. The molecular formula is C20H23N3O6. The van der Waals surface area contributed by atoms with Gasteiger partial charge in [-0.2, -0.15) is 0 Å². The van der Waals surface area contributed by atoms with Gasteiger partial charge in [-0.05, 0) is 37.7 Å². The first-order valence-corrected chi connectivity index (χ1v) is 9.11. The van der Waals surface area contributed by atoms with Gasteiger partial charge in [-0.15, -0.1) is 0 Å². The van der Waals surface area contributed by atoms with E-state index in [1.165, 1.54) is 25.3 Å². The molecule has 1 aliphatic heterocycles.